The predicted octanol–water partition coefficient (Wildman–Crippen LogP) is -2.79. The Morgan fingerprint density at radius 2 is 1.92 bits per heavy atom. The molecule has 2 N–H and O–H groups in total. The van der Waals surface area contributed by atoms with Crippen LogP contribution in [0.2, 0.25) is 0 Å². The molecule has 6 nitrogen and oxygen atoms in total. The summed E-state index contributed by atoms with van der Waals surface area (Å²) < 4.78 is 0. The van der Waals surface area contributed by atoms with E-state index in [1.54, 1.807) is 0 Å². The normalized spacial score (nSPS) is 13.8. The molecule has 74 valence electrons. The SMILES string of the molecule is O=C([O-])CCC(O)C=C([O-])C(=O)O. The number of hydrogen-bond acceptors (Lipinski definition) is 5. The van der Waals surface area contributed by atoms with Crippen molar-refractivity contribution in [3.8, 4) is 0 Å². The number of aliphatic hydroxyl groups excluding tert-OH is 1. The topological polar surface area (TPSA) is 121 Å². The van der Waals surface area contributed by atoms with E-state index in [1.165, 1.54) is 0 Å². The van der Waals surface area contributed by atoms with Crippen LogP contribution in [0.1, 0.15) is 12.8 Å². The molecule has 0 saturated carbocycles. The van der Waals surface area contributed by atoms with E-state index in [2.05, 4.69) is 0 Å². The summed E-state index contributed by atoms with van der Waals surface area (Å²) in [6, 6.07) is 0. The van der Waals surface area contributed by atoms with Gasteiger partial charge in [-0.05, 0) is 18.6 Å². The molecule has 0 aromatic rings. The van der Waals surface area contributed by atoms with Crippen LogP contribution in [0.5, 0.6) is 0 Å². The molecule has 0 rings (SSSR count). The average molecular weight is 188 g/mol. The van der Waals surface area contributed by atoms with E-state index in [-0.39, 0.29) is 6.42 Å². The summed E-state index contributed by atoms with van der Waals surface area (Å²) >= 11 is 0. The van der Waals surface area contributed by atoms with Gasteiger partial charge in [0, 0.05) is 5.97 Å². The minimum Gasteiger partial charge on any atom is -0.868 e. The Morgan fingerprint density at radius 1 is 1.38 bits per heavy atom. The fraction of sp³-hybridized carbons (Fsp3) is 0.429. The fourth-order valence-corrected chi connectivity index (χ4v) is 0.595. The summed E-state index contributed by atoms with van der Waals surface area (Å²) in [5.74, 6) is -4.31. The number of aliphatic hydroxyl groups is 1. The first kappa shape index (κ1) is 11.4. The van der Waals surface area contributed by atoms with Gasteiger partial charge >= 0.3 is 5.97 Å². The number of carbonyl (C=O) groups is 2. The van der Waals surface area contributed by atoms with Crippen LogP contribution in [0.15, 0.2) is 11.8 Å². The van der Waals surface area contributed by atoms with Crippen molar-refractivity contribution in [2.24, 2.45) is 0 Å². The van der Waals surface area contributed by atoms with Crippen LogP contribution in [-0.2, 0) is 9.59 Å². The number of hydrogen-bond donors (Lipinski definition) is 2. The lowest BCUT2D eigenvalue weighted by Crippen LogP contribution is -2.24. The third kappa shape index (κ3) is 5.68. The summed E-state index contributed by atoms with van der Waals surface area (Å²) in [6.07, 6.45) is -1.47. The highest BCUT2D eigenvalue weighted by Gasteiger charge is 2.01. The number of rotatable bonds is 5. The van der Waals surface area contributed by atoms with E-state index in [0.29, 0.717) is 6.08 Å². The third-order valence-electron chi connectivity index (χ3n) is 1.20. The van der Waals surface area contributed by atoms with E-state index >= 15 is 0 Å². The lowest BCUT2D eigenvalue weighted by Gasteiger charge is -2.10. The Labute approximate surface area is 73.7 Å². The zero-order valence-electron chi connectivity index (χ0n) is 6.60. The first-order valence-corrected chi connectivity index (χ1v) is 3.43. The molecule has 6 heteroatoms. The molecule has 0 aliphatic heterocycles. The second kappa shape index (κ2) is 5.15. The molecule has 0 heterocycles. The van der Waals surface area contributed by atoms with Gasteiger partial charge in [0.1, 0.15) is 0 Å². The van der Waals surface area contributed by atoms with Crippen LogP contribution in [-0.4, -0.2) is 28.3 Å². The summed E-state index contributed by atoms with van der Waals surface area (Å²) in [6.45, 7) is 0. The minimum atomic E-state index is -1.69. The lowest BCUT2D eigenvalue weighted by molar-refractivity contribution is -0.307. The van der Waals surface area contributed by atoms with Crippen LogP contribution >= 0.6 is 0 Å². The average Bonchev–Trinajstić information content (AvgIpc) is 2.00. The Morgan fingerprint density at radius 3 is 2.31 bits per heavy atom. The van der Waals surface area contributed by atoms with Gasteiger partial charge in [-0.2, -0.15) is 0 Å². The van der Waals surface area contributed by atoms with Gasteiger partial charge in [-0.3, -0.25) is 0 Å². The second-order valence-corrected chi connectivity index (χ2v) is 2.31. The highest BCUT2D eigenvalue weighted by atomic mass is 16.4. The van der Waals surface area contributed by atoms with E-state index in [9.17, 15) is 19.8 Å². The maximum Gasteiger partial charge on any atom is 0.320 e. The highest BCUT2D eigenvalue weighted by Crippen LogP contribution is 1.99. The standard InChI is InChI=1S/C7H10O6/c8-4(1-2-6(10)11)3-5(9)7(12)13/h3-4,8-9H,1-2H2,(H,10,11)(H,12,13)/p-2. The molecule has 0 aromatic heterocycles. The molecule has 13 heavy (non-hydrogen) atoms. The van der Waals surface area contributed by atoms with Gasteiger partial charge in [0.15, 0.2) is 0 Å². The Balaban J connectivity index is 3.99. The number of aliphatic carboxylic acids is 2. The first-order valence-electron chi connectivity index (χ1n) is 3.43. The maximum absolute atomic E-state index is 10.4. The van der Waals surface area contributed by atoms with E-state index in [0.717, 1.165) is 0 Å². The molecule has 0 aliphatic rings. The van der Waals surface area contributed by atoms with Crippen molar-refractivity contribution in [1.29, 1.82) is 0 Å². The van der Waals surface area contributed by atoms with Crippen molar-refractivity contribution in [2.75, 3.05) is 0 Å². The van der Waals surface area contributed by atoms with Gasteiger partial charge in [-0.1, -0.05) is 6.08 Å². The van der Waals surface area contributed by atoms with Crippen LogP contribution in [0.3, 0.4) is 0 Å². The zero-order chi connectivity index (χ0) is 10.4. The summed E-state index contributed by atoms with van der Waals surface area (Å²) in [5.41, 5.74) is 0. The van der Waals surface area contributed by atoms with E-state index < -0.39 is 30.2 Å². The number of carboxylic acid groups (broad SMARTS) is 2. The Kier molecular flexibility index (Phi) is 4.53. The molecular formula is C7H8O6-2. The van der Waals surface area contributed by atoms with Gasteiger partial charge in [0.2, 0.25) is 0 Å². The molecule has 0 radical (unpaired) electrons. The zero-order valence-corrected chi connectivity index (χ0v) is 6.60. The molecule has 0 fully saturated rings. The smallest absolute Gasteiger partial charge is 0.320 e. The monoisotopic (exact) mass is 188 g/mol. The molecule has 1 atom stereocenters. The van der Waals surface area contributed by atoms with E-state index in [4.69, 9.17) is 10.2 Å². The lowest BCUT2D eigenvalue weighted by atomic mass is 10.2. The molecule has 0 spiro atoms. The second-order valence-electron chi connectivity index (χ2n) is 2.31. The largest absolute Gasteiger partial charge is 0.868 e. The van der Waals surface area contributed by atoms with Gasteiger partial charge in [0.25, 0.3) is 0 Å². The maximum atomic E-state index is 10.4. The van der Waals surface area contributed by atoms with Gasteiger partial charge in [0.05, 0.1) is 6.10 Å². The van der Waals surface area contributed by atoms with Crippen molar-refractivity contribution in [3.05, 3.63) is 11.8 Å². The number of carboxylic acids is 2. The number of carbonyl (C=O) groups excluding carboxylic acids is 1. The summed E-state index contributed by atoms with van der Waals surface area (Å²) in [4.78, 5) is 19.8. The quantitative estimate of drug-likeness (QED) is 0.355. The molecule has 0 saturated heterocycles. The van der Waals surface area contributed by atoms with E-state index in [1.807, 2.05) is 0 Å². The van der Waals surface area contributed by atoms with Crippen LogP contribution in [0, 0.1) is 0 Å². The molecule has 1 unspecified atom stereocenters. The molecule has 0 aromatic carbocycles. The van der Waals surface area contributed by atoms with Gasteiger partial charge in [-0.25, -0.2) is 4.79 Å². The Bertz CT molecular complexity index is 231. The third-order valence-corrected chi connectivity index (χ3v) is 1.20. The molecular weight excluding hydrogens is 180 g/mol. The van der Waals surface area contributed by atoms with Crippen molar-refractivity contribution in [1.82, 2.24) is 0 Å². The molecule has 0 bridgehead atoms. The molecule has 0 aliphatic carbocycles. The van der Waals surface area contributed by atoms with Crippen molar-refractivity contribution >= 4 is 11.9 Å². The Hall–Kier alpha value is -1.56. The molecule has 0 amide bonds. The first-order chi connectivity index (χ1) is 5.93. The summed E-state index contributed by atoms with van der Waals surface area (Å²) in [7, 11) is 0. The minimum absolute atomic E-state index is 0.235. The predicted molar refractivity (Wildman–Crippen MR) is 36.0 cm³/mol. The van der Waals surface area contributed by atoms with Crippen molar-refractivity contribution in [2.45, 2.75) is 18.9 Å². The highest BCUT2D eigenvalue weighted by molar-refractivity contribution is 5.83. The van der Waals surface area contributed by atoms with Crippen molar-refractivity contribution in [3.63, 3.8) is 0 Å². The van der Waals surface area contributed by atoms with Crippen molar-refractivity contribution < 1.29 is 30.0 Å². The fourth-order valence-electron chi connectivity index (χ4n) is 0.595. The van der Waals surface area contributed by atoms with Gasteiger partial charge < -0.3 is 25.2 Å². The van der Waals surface area contributed by atoms with Crippen LogP contribution in [0.25, 0.3) is 0 Å². The van der Waals surface area contributed by atoms with Crippen LogP contribution < -0.4 is 10.2 Å². The summed E-state index contributed by atoms with van der Waals surface area (Å²) in [5, 5.41) is 37.3. The van der Waals surface area contributed by atoms with Crippen LogP contribution in [0.4, 0.5) is 0 Å². The van der Waals surface area contributed by atoms with Gasteiger partial charge in [-0.15, -0.1) is 0 Å².